The summed E-state index contributed by atoms with van der Waals surface area (Å²) in [7, 11) is 4.72. The average Bonchev–Trinajstić information content (AvgIpc) is 3.29. The van der Waals surface area contributed by atoms with Gasteiger partial charge in [-0.15, -0.1) is 0 Å². The van der Waals surface area contributed by atoms with E-state index in [-0.39, 0.29) is 13.9 Å². The first-order valence-corrected chi connectivity index (χ1v) is 15.3. The smallest absolute Gasteiger partial charge is 0.254 e. The molecule has 2 heterocycles. The van der Waals surface area contributed by atoms with Crippen LogP contribution in [0.4, 0.5) is 0 Å². The second-order valence-corrected chi connectivity index (χ2v) is 11.8. The van der Waals surface area contributed by atoms with Crippen LogP contribution in [0, 0.1) is 6.92 Å². The van der Waals surface area contributed by atoms with Crippen LogP contribution in [0.3, 0.4) is 0 Å². The van der Waals surface area contributed by atoms with Crippen LogP contribution in [0.25, 0.3) is 11.1 Å². The Kier molecular flexibility index (Phi) is 10.0. The van der Waals surface area contributed by atoms with Gasteiger partial charge in [-0.05, 0) is 48.4 Å². The molecule has 3 aromatic carbocycles. The van der Waals surface area contributed by atoms with Crippen LogP contribution in [-0.4, -0.2) is 36.8 Å². The van der Waals surface area contributed by atoms with Crippen LogP contribution < -0.4 is 19.5 Å². The van der Waals surface area contributed by atoms with Crippen LogP contribution in [0.1, 0.15) is 28.6 Å². The van der Waals surface area contributed by atoms with E-state index in [1.807, 2.05) is 61.5 Å². The molecule has 0 unspecified atom stereocenters. The van der Waals surface area contributed by atoms with Crippen molar-refractivity contribution in [3.05, 3.63) is 118 Å². The van der Waals surface area contributed by atoms with Gasteiger partial charge in [0.2, 0.25) is 0 Å². The third kappa shape index (κ3) is 6.83. The zero-order chi connectivity index (χ0) is 31.2. The van der Waals surface area contributed by atoms with Crippen LogP contribution in [0.5, 0.6) is 17.2 Å². The number of benzene rings is 3. The molecule has 0 aliphatic rings. The summed E-state index contributed by atoms with van der Waals surface area (Å²) in [5, 5.41) is 5.07. The fraction of sp³-hybridized carbons (Fsp3) is 0.176. The van der Waals surface area contributed by atoms with Crippen molar-refractivity contribution in [3.63, 3.8) is 0 Å². The Bertz CT molecular complexity index is 1740. The molecule has 0 bridgehead atoms. The average molecular weight is 651 g/mol. The Balaban J connectivity index is 0.00000461. The molecule has 0 saturated heterocycles. The van der Waals surface area contributed by atoms with E-state index in [1.54, 1.807) is 51.9 Å². The number of hydrogen-bond donors (Lipinski definition) is 1. The van der Waals surface area contributed by atoms with Crippen molar-refractivity contribution in [3.8, 4) is 28.4 Å². The number of aromatic nitrogens is 2. The van der Waals surface area contributed by atoms with Crippen LogP contribution in [-0.2, 0) is 13.1 Å². The minimum atomic E-state index is -0.235. The summed E-state index contributed by atoms with van der Waals surface area (Å²) >= 11 is 14.3. The zero-order valence-corrected chi connectivity index (χ0v) is 27.0. The molecule has 7 nitrogen and oxygen atoms in total. The third-order valence-corrected chi connectivity index (χ3v) is 8.67. The molecule has 10 heteroatoms. The van der Waals surface area contributed by atoms with Gasteiger partial charge in [-0.3, -0.25) is 9.78 Å². The van der Waals surface area contributed by atoms with Crippen molar-refractivity contribution in [1.82, 2.24) is 14.9 Å². The van der Waals surface area contributed by atoms with Gasteiger partial charge >= 0.3 is 0 Å². The number of ether oxygens (including phenoxy) is 3. The van der Waals surface area contributed by atoms with Gasteiger partial charge in [0.05, 0.1) is 44.0 Å². The predicted octanol–water partition coefficient (Wildman–Crippen LogP) is 8.57. The summed E-state index contributed by atoms with van der Waals surface area (Å²) in [4.78, 5) is 19.3. The van der Waals surface area contributed by atoms with E-state index in [2.05, 4.69) is 14.9 Å². The van der Waals surface area contributed by atoms with Crippen molar-refractivity contribution < 1.29 is 20.4 Å². The predicted molar refractivity (Wildman–Crippen MR) is 178 cm³/mol. The van der Waals surface area contributed by atoms with Crippen LogP contribution >= 0.6 is 35.0 Å². The molecule has 44 heavy (non-hydrogen) atoms. The van der Waals surface area contributed by atoms with E-state index in [1.165, 1.54) is 11.8 Å². The summed E-state index contributed by atoms with van der Waals surface area (Å²) in [6.07, 6.45) is 3.53. The lowest BCUT2D eigenvalue weighted by atomic mass is 10.0. The van der Waals surface area contributed by atoms with Gasteiger partial charge < -0.3 is 24.1 Å². The Labute approximate surface area is 272 Å². The van der Waals surface area contributed by atoms with Crippen molar-refractivity contribution in [2.75, 3.05) is 21.3 Å². The molecule has 0 spiro atoms. The summed E-state index contributed by atoms with van der Waals surface area (Å²) in [5.41, 5.74) is 4.83. The van der Waals surface area contributed by atoms with Crippen molar-refractivity contribution in [2.45, 2.75) is 29.9 Å². The highest BCUT2D eigenvalue weighted by molar-refractivity contribution is 7.99. The van der Waals surface area contributed by atoms with Crippen LogP contribution in [0.2, 0.25) is 10.0 Å². The van der Waals surface area contributed by atoms with Crippen molar-refractivity contribution in [1.29, 1.82) is 0 Å². The number of carbonyl (C=O) groups excluding carboxylic acids is 1. The van der Waals surface area contributed by atoms with Gasteiger partial charge in [0.25, 0.3) is 5.91 Å². The number of amides is 1. The molecule has 228 valence electrons. The molecule has 0 saturated carbocycles. The van der Waals surface area contributed by atoms with E-state index in [0.717, 1.165) is 32.3 Å². The number of nitrogens with zero attached hydrogens (tertiary/aromatic N) is 2. The highest BCUT2D eigenvalue weighted by atomic mass is 35.5. The standard InChI is InChI=1S/C34H31Cl2N3O4S.H2/c1-21-31(33(40)38-19-28-29(42-3)17-26(41-2)18-30(28)43-4)32(23-8-6-5-7-9-23)34(39(21)20-22-10-12-37-13-11-22)44-27-15-24(35)14-25(36)16-27;/h5-18H,19-20H2,1-4H3,(H,38,40);1H. The number of rotatable bonds is 11. The number of nitrogens with one attached hydrogen (secondary N) is 1. The minimum Gasteiger partial charge on any atom is -0.496 e. The second-order valence-electron chi connectivity index (χ2n) is 9.85. The lowest BCUT2D eigenvalue weighted by Crippen LogP contribution is -2.24. The monoisotopic (exact) mass is 649 g/mol. The van der Waals surface area contributed by atoms with Gasteiger partial charge in [-0.25, -0.2) is 0 Å². The third-order valence-electron chi connectivity index (χ3n) is 7.15. The topological polar surface area (TPSA) is 74.6 Å². The van der Waals surface area contributed by atoms with E-state index in [0.29, 0.717) is 45.0 Å². The first-order chi connectivity index (χ1) is 21.3. The maximum absolute atomic E-state index is 14.2. The summed E-state index contributed by atoms with van der Waals surface area (Å²) < 4.78 is 18.8. The highest BCUT2D eigenvalue weighted by Gasteiger charge is 2.28. The van der Waals surface area contributed by atoms with Crippen LogP contribution in [0.15, 0.2) is 95.1 Å². The molecule has 0 atom stereocenters. The SMILES string of the molecule is COc1cc(OC)c(CNC(=O)c2c(-c3ccccc3)c(Sc3cc(Cl)cc(Cl)c3)n(Cc3ccncc3)c2C)c(OC)c1.[HH]. The van der Waals surface area contributed by atoms with Crippen molar-refractivity contribution in [2.24, 2.45) is 0 Å². The molecule has 5 aromatic rings. The molecular weight excluding hydrogens is 617 g/mol. The molecule has 5 rings (SSSR count). The van der Waals surface area contributed by atoms with E-state index >= 15 is 0 Å². The summed E-state index contributed by atoms with van der Waals surface area (Å²) in [6.45, 7) is 2.66. The molecular formula is C34H33Cl2N3O4S. The zero-order valence-electron chi connectivity index (χ0n) is 24.7. The minimum absolute atomic E-state index is 0. The van der Waals surface area contributed by atoms with E-state index < -0.39 is 0 Å². The van der Waals surface area contributed by atoms with E-state index in [4.69, 9.17) is 37.4 Å². The van der Waals surface area contributed by atoms with Crippen molar-refractivity contribution >= 4 is 40.9 Å². The maximum Gasteiger partial charge on any atom is 0.254 e. The van der Waals surface area contributed by atoms with Gasteiger partial charge in [-0.1, -0.05) is 65.3 Å². The Morgan fingerprint density at radius 3 is 2.14 bits per heavy atom. The van der Waals surface area contributed by atoms with Gasteiger partial charge in [0.1, 0.15) is 17.2 Å². The molecule has 2 aromatic heterocycles. The Morgan fingerprint density at radius 1 is 0.909 bits per heavy atom. The molecule has 0 radical (unpaired) electrons. The molecule has 0 fully saturated rings. The van der Waals surface area contributed by atoms with Gasteiger partial charge in [0, 0.05) is 58.7 Å². The van der Waals surface area contributed by atoms with Gasteiger partial charge in [-0.2, -0.15) is 0 Å². The maximum atomic E-state index is 14.2. The number of halogens is 2. The summed E-state index contributed by atoms with van der Waals surface area (Å²) in [5.74, 6) is 1.45. The number of pyridine rings is 1. The molecule has 0 aliphatic heterocycles. The fourth-order valence-electron chi connectivity index (χ4n) is 5.04. The van der Waals surface area contributed by atoms with E-state index in [9.17, 15) is 4.79 Å². The Morgan fingerprint density at radius 2 is 1.55 bits per heavy atom. The highest BCUT2D eigenvalue weighted by Crippen LogP contribution is 2.43. The van der Waals surface area contributed by atoms with Gasteiger partial charge in [0.15, 0.2) is 0 Å². The number of methoxy groups -OCH3 is 3. The largest absolute Gasteiger partial charge is 0.496 e. The first kappa shape index (κ1) is 31.3. The quantitative estimate of drug-likeness (QED) is 0.154. The fourth-order valence-corrected chi connectivity index (χ4v) is 6.92. The molecule has 1 N–H and O–H groups in total. The second kappa shape index (κ2) is 14.1. The molecule has 0 aliphatic carbocycles. The lowest BCUT2D eigenvalue weighted by molar-refractivity contribution is 0.0950. The lowest BCUT2D eigenvalue weighted by Gasteiger charge is -2.16. The number of carbonyl (C=O) groups is 1. The number of hydrogen-bond acceptors (Lipinski definition) is 6. The Hall–Kier alpha value is -4.11. The molecule has 1 amide bonds. The first-order valence-electron chi connectivity index (χ1n) is 13.7. The summed E-state index contributed by atoms with van der Waals surface area (Å²) in [6, 6.07) is 22.8. The normalized spacial score (nSPS) is 10.9.